The van der Waals surface area contributed by atoms with Crippen LogP contribution in [0.5, 0.6) is 11.5 Å². The van der Waals surface area contributed by atoms with E-state index >= 15 is 0 Å². The molecule has 86 valence electrons. The number of benzene rings is 1. The molecule has 0 spiro atoms. The Bertz CT molecular complexity index is 399. The van der Waals surface area contributed by atoms with Gasteiger partial charge in [-0.25, -0.2) is 0 Å². The third-order valence-corrected chi connectivity index (χ3v) is 2.15. The van der Waals surface area contributed by atoms with Crippen molar-refractivity contribution >= 4 is 0 Å². The summed E-state index contributed by atoms with van der Waals surface area (Å²) in [4.78, 5) is 0. The largest absolute Gasteiger partial charge is 0.497 e. The highest BCUT2D eigenvalue weighted by Gasteiger charge is 2.10. The van der Waals surface area contributed by atoms with Gasteiger partial charge in [-0.05, 0) is 26.0 Å². The van der Waals surface area contributed by atoms with Crippen LogP contribution in [0.1, 0.15) is 25.5 Å². The van der Waals surface area contributed by atoms with Crippen LogP contribution in [-0.2, 0) is 0 Å². The molecule has 3 heteroatoms. The Kier molecular flexibility index (Phi) is 4.68. The van der Waals surface area contributed by atoms with Gasteiger partial charge in [-0.2, -0.15) is 0 Å². The average molecular weight is 220 g/mol. The minimum absolute atomic E-state index is 0.309. The molecule has 1 N–H and O–H groups in total. The zero-order valence-corrected chi connectivity index (χ0v) is 9.78. The highest BCUT2D eigenvalue weighted by atomic mass is 16.5. The molecular weight excluding hydrogens is 204 g/mol. The molecule has 0 aromatic heterocycles. The predicted molar refractivity (Wildman–Crippen MR) is 62.6 cm³/mol. The summed E-state index contributed by atoms with van der Waals surface area (Å²) in [7, 11) is 1.59. The van der Waals surface area contributed by atoms with E-state index in [4.69, 9.17) is 9.47 Å². The monoisotopic (exact) mass is 220 g/mol. The Balaban J connectivity index is 2.94. The molecule has 0 heterocycles. The van der Waals surface area contributed by atoms with Crippen molar-refractivity contribution in [2.75, 3.05) is 13.7 Å². The molecule has 1 atom stereocenters. The Morgan fingerprint density at radius 1 is 1.44 bits per heavy atom. The molecule has 16 heavy (non-hydrogen) atoms. The second kappa shape index (κ2) is 6.04. The summed E-state index contributed by atoms with van der Waals surface area (Å²) in [6.45, 7) is 3.76. The first-order chi connectivity index (χ1) is 7.69. The lowest BCUT2D eigenvalue weighted by Crippen LogP contribution is -2.01. The van der Waals surface area contributed by atoms with Gasteiger partial charge in [0.15, 0.2) is 0 Å². The van der Waals surface area contributed by atoms with Crippen LogP contribution in [0, 0.1) is 11.8 Å². The maximum Gasteiger partial charge on any atom is 0.149 e. The number of aliphatic hydroxyl groups excluding tert-OH is 1. The van der Waals surface area contributed by atoms with Gasteiger partial charge >= 0.3 is 0 Å². The molecule has 1 aromatic rings. The third-order valence-electron chi connectivity index (χ3n) is 2.15. The van der Waals surface area contributed by atoms with E-state index in [0.29, 0.717) is 18.1 Å². The van der Waals surface area contributed by atoms with Crippen molar-refractivity contribution in [3.63, 3.8) is 0 Å². The van der Waals surface area contributed by atoms with Gasteiger partial charge in [-0.3, -0.25) is 0 Å². The molecular formula is C13H16O3. The highest BCUT2D eigenvalue weighted by Crippen LogP contribution is 2.29. The maximum absolute atomic E-state index is 9.57. The van der Waals surface area contributed by atoms with Crippen LogP contribution in [0.25, 0.3) is 0 Å². The average Bonchev–Trinajstić information content (AvgIpc) is 2.29. The topological polar surface area (TPSA) is 38.7 Å². The Labute approximate surface area is 96.0 Å². The summed E-state index contributed by atoms with van der Waals surface area (Å²) in [6.07, 6.45) is -0.574. The Morgan fingerprint density at radius 2 is 2.19 bits per heavy atom. The molecule has 0 bridgehead atoms. The van der Waals surface area contributed by atoms with Gasteiger partial charge in [0.05, 0.1) is 13.2 Å². The fourth-order valence-electron chi connectivity index (χ4n) is 1.30. The second-order valence-electron chi connectivity index (χ2n) is 3.30. The van der Waals surface area contributed by atoms with Crippen molar-refractivity contribution in [3.05, 3.63) is 23.8 Å². The standard InChI is InChI=1S/C13H16O3/c1-4-5-8-16-13-9-11(15-3)6-7-12(13)10(2)14/h6-7,9-10,14H,8H2,1-3H3/t10-/m1/s1. The SMILES string of the molecule is CC#CCOc1cc(OC)ccc1[C@@H](C)O. The van der Waals surface area contributed by atoms with Crippen LogP contribution in [0.3, 0.4) is 0 Å². The van der Waals surface area contributed by atoms with E-state index in [0.717, 1.165) is 5.56 Å². The van der Waals surface area contributed by atoms with Crippen LogP contribution >= 0.6 is 0 Å². The third kappa shape index (κ3) is 3.18. The molecule has 0 aliphatic heterocycles. The van der Waals surface area contributed by atoms with Crippen LogP contribution in [0.15, 0.2) is 18.2 Å². The van der Waals surface area contributed by atoms with Crippen molar-refractivity contribution in [2.24, 2.45) is 0 Å². The predicted octanol–water partition coefficient (Wildman–Crippen LogP) is 2.15. The lowest BCUT2D eigenvalue weighted by Gasteiger charge is -2.13. The Hall–Kier alpha value is -1.66. The minimum Gasteiger partial charge on any atom is -0.497 e. The van der Waals surface area contributed by atoms with Crippen LogP contribution in [-0.4, -0.2) is 18.8 Å². The van der Waals surface area contributed by atoms with Crippen molar-refractivity contribution in [1.82, 2.24) is 0 Å². The van der Waals surface area contributed by atoms with E-state index in [-0.39, 0.29) is 0 Å². The second-order valence-corrected chi connectivity index (χ2v) is 3.30. The van der Waals surface area contributed by atoms with E-state index in [1.807, 2.05) is 0 Å². The normalized spacial score (nSPS) is 11.2. The Morgan fingerprint density at radius 3 is 2.75 bits per heavy atom. The fourth-order valence-corrected chi connectivity index (χ4v) is 1.30. The van der Waals surface area contributed by atoms with Crippen LogP contribution in [0.2, 0.25) is 0 Å². The van der Waals surface area contributed by atoms with Gasteiger partial charge in [0.25, 0.3) is 0 Å². The van der Waals surface area contributed by atoms with Gasteiger partial charge < -0.3 is 14.6 Å². The quantitative estimate of drug-likeness (QED) is 0.790. The molecule has 0 aliphatic carbocycles. The number of rotatable bonds is 4. The summed E-state index contributed by atoms with van der Waals surface area (Å²) < 4.78 is 10.6. The molecule has 3 nitrogen and oxygen atoms in total. The van der Waals surface area contributed by atoms with Crippen molar-refractivity contribution < 1.29 is 14.6 Å². The molecule has 1 aromatic carbocycles. The number of hydrogen-bond acceptors (Lipinski definition) is 3. The summed E-state index contributed by atoms with van der Waals surface area (Å²) in [5.41, 5.74) is 0.735. The number of ether oxygens (including phenoxy) is 2. The number of aliphatic hydroxyl groups is 1. The summed E-state index contributed by atoms with van der Waals surface area (Å²) in [6, 6.07) is 5.33. The molecule has 0 radical (unpaired) electrons. The molecule has 0 saturated carbocycles. The summed E-state index contributed by atoms with van der Waals surface area (Å²) in [5, 5.41) is 9.57. The number of methoxy groups -OCH3 is 1. The molecule has 0 fully saturated rings. The van der Waals surface area contributed by atoms with Crippen LogP contribution in [0.4, 0.5) is 0 Å². The highest BCUT2D eigenvalue weighted by molar-refractivity contribution is 5.42. The zero-order valence-electron chi connectivity index (χ0n) is 9.78. The van der Waals surface area contributed by atoms with Gasteiger partial charge in [0.1, 0.15) is 18.1 Å². The van der Waals surface area contributed by atoms with E-state index in [9.17, 15) is 5.11 Å². The first kappa shape index (κ1) is 12.4. The van der Waals surface area contributed by atoms with Gasteiger partial charge in [-0.15, -0.1) is 5.92 Å². The van der Waals surface area contributed by atoms with Gasteiger partial charge in [0.2, 0.25) is 0 Å². The first-order valence-corrected chi connectivity index (χ1v) is 5.07. The van der Waals surface area contributed by atoms with E-state index < -0.39 is 6.10 Å². The van der Waals surface area contributed by atoms with Gasteiger partial charge in [-0.1, -0.05) is 5.92 Å². The lowest BCUT2D eigenvalue weighted by molar-refractivity contribution is 0.193. The van der Waals surface area contributed by atoms with E-state index in [1.165, 1.54) is 0 Å². The molecule has 0 aliphatic rings. The molecule has 1 rings (SSSR count). The first-order valence-electron chi connectivity index (χ1n) is 5.07. The fraction of sp³-hybridized carbons (Fsp3) is 0.385. The smallest absolute Gasteiger partial charge is 0.149 e. The van der Waals surface area contributed by atoms with Gasteiger partial charge in [0, 0.05) is 11.6 Å². The summed E-state index contributed by atoms with van der Waals surface area (Å²) in [5.74, 6) is 6.86. The van der Waals surface area contributed by atoms with Crippen molar-refractivity contribution in [1.29, 1.82) is 0 Å². The molecule has 0 amide bonds. The molecule has 0 saturated heterocycles. The minimum atomic E-state index is -0.574. The van der Waals surface area contributed by atoms with Crippen molar-refractivity contribution in [3.8, 4) is 23.3 Å². The zero-order chi connectivity index (χ0) is 12.0. The van der Waals surface area contributed by atoms with Crippen LogP contribution < -0.4 is 9.47 Å². The lowest BCUT2D eigenvalue weighted by atomic mass is 10.1. The van der Waals surface area contributed by atoms with E-state index in [2.05, 4.69) is 11.8 Å². The van der Waals surface area contributed by atoms with Crippen molar-refractivity contribution in [2.45, 2.75) is 20.0 Å². The molecule has 0 unspecified atom stereocenters. The van der Waals surface area contributed by atoms with E-state index in [1.54, 1.807) is 39.2 Å². The number of hydrogen-bond donors (Lipinski definition) is 1. The maximum atomic E-state index is 9.57. The summed E-state index contributed by atoms with van der Waals surface area (Å²) >= 11 is 0.